The summed E-state index contributed by atoms with van der Waals surface area (Å²) in [5, 5.41) is 9.38. The maximum Gasteiger partial charge on any atom is 0.230 e. The molecule has 0 bridgehead atoms. The normalized spacial score (nSPS) is 22.8. The van der Waals surface area contributed by atoms with Gasteiger partial charge in [-0.15, -0.1) is 11.8 Å². The van der Waals surface area contributed by atoms with Gasteiger partial charge in [0.15, 0.2) is 0 Å². The van der Waals surface area contributed by atoms with Gasteiger partial charge in [-0.25, -0.2) is 4.39 Å². The van der Waals surface area contributed by atoms with Crippen molar-refractivity contribution in [3.05, 3.63) is 65.5 Å². The second-order valence-electron chi connectivity index (χ2n) is 8.35. The molecule has 3 atom stereocenters. The predicted molar refractivity (Wildman–Crippen MR) is 126 cm³/mol. The zero-order valence-electron chi connectivity index (χ0n) is 18.6. The first kappa shape index (κ1) is 23.5. The first-order chi connectivity index (χ1) is 16.0. The van der Waals surface area contributed by atoms with Gasteiger partial charge in [-0.2, -0.15) is 0 Å². The average molecular weight is 473 g/mol. The number of nitrogens with zero attached hydrogens (tertiary/aromatic N) is 1. The number of fused-ring (bicyclic) bond motifs is 1. The Morgan fingerprint density at radius 2 is 1.91 bits per heavy atom. The van der Waals surface area contributed by atoms with Gasteiger partial charge in [0.1, 0.15) is 17.1 Å². The van der Waals surface area contributed by atoms with Gasteiger partial charge in [0.2, 0.25) is 11.8 Å². The number of nitrogens with one attached hydrogen (secondary N) is 3. The molecular weight excluding hydrogens is 443 g/mol. The molecule has 0 radical (unpaired) electrons. The van der Waals surface area contributed by atoms with Gasteiger partial charge >= 0.3 is 0 Å². The SMILES string of the molecule is COc1ccc(CNC(=O)CSC2NC(=O)C3CN(Cc4ccc(F)cc4)CCC3N2)cc1. The van der Waals surface area contributed by atoms with Crippen molar-refractivity contribution in [3.63, 3.8) is 0 Å². The summed E-state index contributed by atoms with van der Waals surface area (Å²) in [5.41, 5.74) is 1.75. The Kier molecular flexibility index (Phi) is 7.85. The van der Waals surface area contributed by atoms with Crippen LogP contribution in [-0.2, 0) is 22.7 Å². The Hall–Kier alpha value is -2.62. The van der Waals surface area contributed by atoms with Crippen molar-refractivity contribution >= 4 is 23.6 Å². The summed E-state index contributed by atoms with van der Waals surface area (Å²) in [4.78, 5) is 27.2. The van der Waals surface area contributed by atoms with Crippen LogP contribution in [0.25, 0.3) is 0 Å². The van der Waals surface area contributed by atoms with Crippen LogP contribution in [0.15, 0.2) is 48.5 Å². The van der Waals surface area contributed by atoms with Crippen molar-refractivity contribution in [1.29, 1.82) is 0 Å². The third-order valence-electron chi connectivity index (χ3n) is 6.02. The molecule has 2 saturated heterocycles. The van der Waals surface area contributed by atoms with E-state index in [1.807, 2.05) is 24.3 Å². The maximum atomic E-state index is 13.1. The number of hydrogen-bond acceptors (Lipinski definition) is 6. The van der Waals surface area contributed by atoms with Gasteiger partial charge in [-0.05, 0) is 41.8 Å². The van der Waals surface area contributed by atoms with Gasteiger partial charge in [-0.1, -0.05) is 24.3 Å². The summed E-state index contributed by atoms with van der Waals surface area (Å²) in [7, 11) is 1.62. The van der Waals surface area contributed by atoms with Gasteiger partial charge in [0.05, 0.1) is 18.8 Å². The lowest BCUT2D eigenvalue weighted by Crippen LogP contribution is -2.64. The van der Waals surface area contributed by atoms with E-state index in [-0.39, 0.29) is 40.8 Å². The molecule has 2 heterocycles. The smallest absolute Gasteiger partial charge is 0.230 e. The Labute approximate surface area is 197 Å². The molecule has 9 heteroatoms. The number of amides is 2. The maximum absolute atomic E-state index is 13.1. The molecule has 176 valence electrons. The molecule has 4 rings (SSSR count). The second kappa shape index (κ2) is 11.0. The molecular formula is C24H29FN4O3S. The highest BCUT2D eigenvalue weighted by Crippen LogP contribution is 2.25. The highest BCUT2D eigenvalue weighted by Gasteiger charge is 2.39. The molecule has 2 amide bonds. The second-order valence-corrected chi connectivity index (χ2v) is 9.45. The van der Waals surface area contributed by atoms with Gasteiger partial charge in [-0.3, -0.25) is 19.8 Å². The number of piperidine rings is 1. The molecule has 0 aromatic heterocycles. The summed E-state index contributed by atoms with van der Waals surface area (Å²) in [6, 6.07) is 14.1. The summed E-state index contributed by atoms with van der Waals surface area (Å²) in [6.07, 6.45) is 0.847. The third kappa shape index (κ3) is 6.46. The number of likely N-dealkylation sites (tertiary alicyclic amines) is 1. The summed E-state index contributed by atoms with van der Waals surface area (Å²) >= 11 is 1.39. The van der Waals surface area contributed by atoms with E-state index in [0.29, 0.717) is 19.6 Å². The topological polar surface area (TPSA) is 82.7 Å². The number of halogens is 1. The fourth-order valence-electron chi connectivity index (χ4n) is 4.19. The van der Waals surface area contributed by atoms with Crippen LogP contribution < -0.4 is 20.7 Å². The van der Waals surface area contributed by atoms with Crippen LogP contribution in [0.3, 0.4) is 0 Å². The van der Waals surface area contributed by atoms with E-state index in [1.54, 1.807) is 19.2 Å². The van der Waals surface area contributed by atoms with E-state index < -0.39 is 0 Å². The molecule has 0 saturated carbocycles. The fourth-order valence-corrected chi connectivity index (χ4v) is 5.08. The van der Waals surface area contributed by atoms with E-state index in [9.17, 15) is 14.0 Å². The quantitative estimate of drug-likeness (QED) is 0.546. The Morgan fingerprint density at radius 1 is 1.18 bits per heavy atom. The standard InChI is InChI=1S/C24H29FN4O3S/c1-32-19-8-4-16(5-9-19)12-26-22(30)15-33-24-27-21-10-11-29(14-20(21)23(31)28-24)13-17-2-6-18(25)7-3-17/h2-9,20-21,24,27H,10-15H2,1H3,(H,26,30)(H,28,31). The molecule has 33 heavy (non-hydrogen) atoms. The lowest BCUT2D eigenvalue weighted by atomic mass is 9.89. The molecule has 2 aliphatic rings. The van der Waals surface area contributed by atoms with Crippen molar-refractivity contribution in [2.24, 2.45) is 5.92 Å². The predicted octanol–water partition coefficient (Wildman–Crippen LogP) is 2.08. The molecule has 2 fully saturated rings. The number of carbonyl (C=O) groups excluding carboxylic acids is 2. The van der Waals surface area contributed by atoms with Crippen molar-refractivity contribution in [3.8, 4) is 5.75 Å². The van der Waals surface area contributed by atoms with Crippen LogP contribution in [0.5, 0.6) is 5.75 Å². The van der Waals surface area contributed by atoms with Crippen molar-refractivity contribution in [1.82, 2.24) is 20.9 Å². The average Bonchev–Trinajstić information content (AvgIpc) is 2.83. The summed E-state index contributed by atoms with van der Waals surface area (Å²) in [5.74, 6) is 0.578. The fraction of sp³-hybridized carbons (Fsp3) is 0.417. The summed E-state index contributed by atoms with van der Waals surface area (Å²) < 4.78 is 18.3. The van der Waals surface area contributed by atoms with E-state index >= 15 is 0 Å². The molecule has 2 aromatic carbocycles. The number of benzene rings is 2. The molecule has 7 nitrogen and oxygen atoms in total. The number of ether oxygens (including phenoxy) is 1. The minimum absolute atomic E-state index is 0.0127. The molecule has 3 unspecified atom stereocenters. The lowest BCUT2D eigenvalue weighted by molar-refractivity contribution is -0.130. The molecule has 2 aromatic rings. The third-order valence-corrected chi connectivity index (χ3v) is 7.04. The molecule has 2 aliphatic heterocycles. The zero-order valence-corrected chi connectivity index (χ0v) is 19.4. The van der Waals surface area contributed by atoms with E-state index in [0.717, 1.165) is 29.8 Å². The molecule has 0 aliphatic carbocycles. The van der Waals surface area contributed by atoms with Crippen LogP contribution in [-0.4, -0.2) is 54.2 Å². The molecule has 3 N–H and O–H groups in total. The van der Waals surface area contributed by atoms with Gasteiger partial charge in [0, 0.05) is 32.2 Å². The van der Waals surface area contributed by atoms with Gasteiger partial charge < -0.3 is 15.4 Å². The molecule has 0 spiro atoms. The zero-order chi connectivity index (χ0) is 23.2. The van der Waals surface area contributed by atoms with Crippen LogP contribution >= 0.6 is 11.8 Å². The van der Waals surface area contributed by atoms with E-state index in [4.69, 9.17) is 4.74 Å². The van der Waals surface area contributed by atoms with Crippen LogP contribution in [0, 0.1) is 11.7 Å². The monoisotopic (exact) mass is 472 g/mol. The first-order valence-electron chi connectivity index (χ1n) is 11.0. The highest BCUT2D eigenvalue weighted by molar-refractivity contribution is 8.00. The van der Waals surface area contributed by atoms with Crippen molar-refractivity contribution in [2.75, 3.05) is 26.0 Å². The number of hydrogen-bond donors (Lipinski definition) is 3. The van der Waals surface area contributed by atoms with E-state index in [1.165, 1.54) is 23.9 Å². The number of methoxy groups -OCH3 is 1. The lowest BCUT2D eigenvalue weighted by Gasteiger charge is -2.43. The first-order valence-corrected chi connectivity index (χ1v) is 12.1. The van der Waals surface area contributed by atoms with Crippen LogP contribution in [0.2, 0.25) is 0 Å². The van der Waals surface area contributed by atoms with E-state index in [2.05, 4.69) is 20.9 Å². The minimum atomic E-state index is -0.283. The van der Waals surface area contributed by atoms with Crippen molar-refractivity contribution in [2.45, 2.75) is 31.0 Å². The number of rotatable bonds is 8. The Balaban J connectivity index is 1.20. The number of thioether (sulfide) groups is 1. The van der Waals surface area contributed by atoms with Gasteiger partial charge in [0.25, 0.3) is 0 Å². The highest BCUT2D eigenvalue weighted by atomic mass is 32.2. The van der Waals surface area contributed by atoms with Crippen molar-refractivity contribution < 1.29 is 18.7 Å². The largest absolute Gasteiger partial charge is 0.497 e. The Bertz CT molecular complexity index is 957. The number of carbonyl (C=O) groups is 2. The van der Waals surface area contributed by atoms with Crippen LogP contribution in [0.1, 0.15) is 17.5 Å². The Morgan fingerprint density at radius 3 is 2.64 bits per heavy atom. The van der Waals surface area contributed by atoms with Crippen LogP contribution in [0.4, 0.5) is 4.39 Å². The summed E-state index contributed by atoms with van der Waals surface area (Å²) in [6.45, 7) is 2.66. The minimum Gasteiger partial charge on any atom is -0.497 e.